The van der Waals surface area contributed by atoms with E-state index in [4.69, 9.17) is 0 Å². The van der Waals surface area contributed by atoms with Gasteiger partial charge in [-0.1, -0.05) is 81.5 Å². The Bertz CT molecular complexity index is 623. The van der Waals surface area contributed by atoms with Gasteiger partial charge >= 0.3 is 0 Å². The van der Waals surface area contributed by atoms with Crippen molar-refractivity contribution in [1.82, 2.24) is 0 Å². The van der Waals surface area contributed by atoms with Crippen LogP contribution in [0, 0.1) is 5.50 Å². The fourth-order valence-electron chi connectivity index (χ4n) is 3.39. The lowest BCUT2D eigenvalue weighted by Gasteiger charge is -2.16. The Balaban J connectivity index is 1.77. The molecule has 0 aromatic heterocycles. The Morgan fingerprint density at radius 2 is 1.57 bits per heavy atom. The zero-order valence-corrected chi connectivity index (χ0v) is 15.7. The van der Waals surface area contributed by atoms with Gasteiger partial charge in [0.1, 0.15) is 0 Å². The van der Waals surface area contributed by atoms with Gasteiger partial charge in [0.25, 0.3) is 0 Å². The fourth-order valence-corrected chi connectivity index (χ4v) is 3.60. The van der Waals surface area contributed by atoms with Crippen molar-refractivity contribution < 1.29 is 0 Å². The molecule has 0 aliphatic carbocycles. The lowest BCUT2D eigenvalue weighted by molar-refractivity contribution is 0.528. The maximum atomic E-state index is 3.14. The molecule has 0 heterocycles. The van der Waals surface area contributed by atoms with Gasteiger partial charge in [-0.05, 0) is 51.2 Å². The predicted octanol–water partition coefficient (Wildman–Crippen LogP) is 6.31. The number of rotatable bonds is 10. The minimum atomic E-state index is 0.723. The first kappa shape index (κ1) is 18.0. The molecule has 1 atom stereocenters. The molecule has 122 valence electrons. The quantitative estimate of drug-likeness (QED) is 0.355. The first-order valence-corrected chi connectivity index (χ1v) is 9.85. The summed E-state index contributed by atoms with van der Waals surface area (Å²) < 4.78 is 0. The van der Waals surface area contributed by atoms with E-state index in [0.717, 1.165) is 12.3 Å². The zero-order valence-electron chi connectivity index (χ0n) is 14.6. The Hall–Kier alpha value is -1.30. The average Bonchev–Trinajstić information content (AvgIpc) is 2.60. The predicted molar refractivity (Wildman–Crippen MR) is 105 cm³/mol. The summed E-state index contributed by atoms with van der Waals surface area (Å²) in [7, 11) is 2.58. The average molecular weight is 323 g/mol. The first-order chi connectivity index (χ1) is 11.3. The third-order valence-electron chi connectivity index (χ3n) is 4.86. The third kappa shape index (κ3) is 6.01. The molecular weight excluding hydrogens is 292 g/mol. The molecule has 0 saturated heterocycles. The third-order valence-corrected chi connectivity index (χ3v) is 5.15. The van der Waals surface area contributed by atoms with Gasteiger partial charge in [-0.2, -0.15) is 0 Å². The van der Waals surface area contributed by atoms with Crippen LogP contribution >= 0.6 is 0 Å². The molecule has 1 unspecified atom stereocenters. The molecule has 0 bridgehead atoms. The lowest BCUT2D eigenvalue weighted by atomic mass is 9.89. The van der Waals surface area contributed by atoms with Crippen LogP contribution in [0.2, 0.25) is 0 Å². The highest BCUT2D eigenvalue weighted by Crippen LogP contribution is 2.28. The molecule has 0 saturated carbocycles. The summed E-state index contributed by atoms with van der Waals surface area (Å²) in [5.41, 5.74) is 4.67. The van der Waals surface area contributed by atoms with Crippen LogP contribution in [-0.4, -0.2) is 9.68 Å². The van der Waals surface area contributed by atoms with Gasteiger partial charge in [0.05, 0.1) is 0 Å². The number of unbranched alkanes of at least 4 members (excludes halogenated alkanes) is 6. The number of hydrogen-bond donors (Lipinski definition) is 0. The second kappa shape index (κ2) is 10.5. The minimum absolute atomic E-state index is 0.723. The molecule has 0 aliphatic heterocycles. The van der Waals surface area contributed by atoms with Crippen LogP contribution in [0.3, 0.4) is 0 Å². The summed E-state index contributed by atoms with van der Waals surface area (Å²) in [6.45, 7) is 2.33. The van der Waals surface area contributed by atoms with Crippen molar-refractivity contribution in [3.63, 3.8) is 0 Å². The van der Waals surface area contributed by atoms with Gasteiger partial charge in [0.15, 0.2) is 0 Å². The molecule has 1 heteroatoms. The van der Waals surface area contributed by atoms with Crippen LogP contribution in [0.5, 0.6) is 0 Å². The summed E-state index contributed by atoms with van der Waals surface area (Å²) in [6.07, 6.45) is 11.9. The second-order valence-electron chi connectivity index (χ2n) is 6.58. The van der Waals surface area contributed by atoms with Gasteiger partial charge < -0.3 is 0 Å². The van der Waals surface area contributed by atoms with E-state index in [2.05, 4.69) is 64.6 Å². The fraction of sp³-hybridized carbons (Fsp3) is 0.500. The van der Waals surface area contributed by atoms with E-state index in [1.807, 2.05) is 0 Å². The van der Waals surface area contributed by atoms with Crippen LogP contribution in [0.4, 0.5) is 0 Å². The smallest absolute Gasteiger partial charge is 0.00143 e. The number of fused-ring (bicyclic) bond motifs is 1. The van der Waals surface area contributed by atoms with Crippen molar-refractivity contribution in [1.29, 1.82) is 0 Å². The minimum Gasteiger partial charge on any atom is -0.145 e. The molecule has 23 heavy (non-hydrogen) atoms. The van der Waals surface area contributed by atoms with Crippen molar-refractivity contribution in [2.75, 3.05) is 0 Å². The number of hydrogen-bond acceptors (Lipinski definition) is 0. The summed E-state index contributed by atoms with van der Waals surface area (Å²) in [6, 6.07) is 15.7. The Morgan fingerprint density at radius 3 is 2.30 bits per heavy atom. The highest BCUT2D eigenvalue weighted by molar-refractivity contribution is 5.95. The van der Waals surface area contributed by atoms with E-state index in [9.17, 15) is 0 Å². The van der Waals surface area contributed by atoms with Crippen molar-refractivity contribution in [3.05, 3.63) is 48.0 Å². The molecule has 2 aromatic rings. The summed E-state index contributed by atoms with van der Waals surface area (Å²) in [5, 5.41) is 2.73. The Labute approximate surface area is 145 Å². The molecule has 0 amide bonds. The summed E-state index contributed by atoms with van der Waals surface area (Å²) in [5.74, 6) is 0.723. The van der Waals surface area contributed by atoms with E-state index in [0.29, 0.717) is 0 Å². The Kier molecular flexibility index (Phi) is 8.21. The van der Waals surface area contributed by atoms with Gasteiger partial charge in [-0.15, -0.1) is 5.50 Å². The second-order valence-corrected chi connectivity index (χ2v) is 6.98. The van der Waals surface area contributed by atoms with Crippen LogP contribution in [-0.2, 0) is 0 Å². The maximum Gasteiger partial charge on any atom is 0.00143 e. The monoisotopic (exact) mass is 322 g/mol. The molecule has 2 aromatic carbocycles. The molecular formula is C22H30Si. The molecule has 0 aliphatic rings. The van der Waals surface area contributed by atoms with Gasteiger partial charge in [-0.3, -0.25) is 0 Å². The largest absolute Gasteiger partial charge is 0.145 e. The summed E-state index contributed by atoms with van der Waals surface area (Å²) >= 11 is 0. The summed E-state index contributed by atoms with van der Waals surface area (Å²) in [4.78, 5) is 0. The highest BCUT2D eigenvalue weighted by atomic mass is 28.1. The Morgan fingerprint density at radius 1 is 0.870 bits per heavy atom. The highest BCUT2D eigenvalue weighted by Gasteiger charge is 2.09. The van der Waals surface area contributed by atoms with E-state index in [-0.39, 0.29) is 0 Å². The lowest BCUT2D eigenvalue weighted by Crippen LogP contribution is -1.97. The van der Waals surface area contributed by atoms with Crippen molar-refractivity contribution >= 4 is 20.5 Å². The van der Waals surface area contributed by atoms with E-state index < -0.39 is 0 Å². The van der Waals surface area contributed by atoms with Gasteiger partial charge in [0, 0.05) is 6.42 Å². The molecule has 0 spiro atoms. The standard InChI is InChI=1S/C22H30Si/c1-2-19(12-8-6-4-3-5-7-11-17-23)22-16-15-20-13-9-10-14-21(20)18-22/h9-10,13-16,18-19,23H,2-8,11-12H2,1H3. The van der Waals surface area contributed by atoms with E-state index in [1.54, 1.807) is 0 Å². The normalized spacial score (nSPS) is 12.2. The van der Waals surface area contributed by atoms with Crippen LogP contribution < -0.4 is 0 Å². The molecule has 0 fully saturated rings. The van der Waals surface area contributed by atoms with Crippen LogP contribution in [0.15, 0.2) is 42.5 Å². The molecule has 2 rings (SSSR count). The van der Waals surface area contributed by atoms with Crippen LogP contribution in [0.25, 0.3) is 10.8 Å². The van der Waals surface area contributed by atoms with Crippen LogP contribution in [0.1, 0.15) is 76.2 Å². The topological polar surface area (TPSA) is 0 Å². The maximum absolute atomic E-state index is 3.14. The van der Waals surface area contributed by atoms with Gasteiger partial charge in [-0.25, -0.2) is 0 Å². The zero-order chi connectivity index (χ0) is 16.3. The molecule has 0 nitrogen and oxygen atoms in total. The van der Waals surface area contributed by atoms with E-state index >= 15 is 0 Å². The molecule has 0 radical (unpaired) electrons. The van der Waals surface area contributed by atoms with Crippen molar-refractivity contribution in [3.8, 4) is 5.50 Å². The number of benzene rings is 2. The van der Waals surface area contributed by atoms with E-state index in [1.165, 1.54) is 67.7 Å². The van der Waals surface area contributed by atoms with Crippen molar-refractivity contribution in [2.24, 2.45) is 0 Å². The first-order valence-electron chi connectivity index (χ1n) is 9.27. The van der Waals surface area contributed by atoms with Crippen molar-refractivity contribution in [2.45, 2.75) is 70.6 Å². The SMILES string of the molecule is CCC(CCCCCCCCC#[SiH])c1ccc2ccccc2c1. The van der Waals surface area contributed by atoms with Gasteiger partial charge in [0.2, 0.25) is 0 Å². The molecule has 0 N–H and O–H groups in total.